The van der Waals surface area contributed by atoms with Gasteiger partial charge in [0.2, 0.25) is 11.8 Å². The van der Waals surface area contributed by atoms with Gasteiger partial charge in [-0.25, -0.2) is 4.79 Å². The number of carboxylic acids is 1. The standard InChI is InChI=1S/C27H46N2O4S/c1-7-8-15-24(18-28-23(6)30)26(31)29-25(27(32)33)19-34-17-16-22(5)14-10-13-21(4)12-9-11-20(2)3/h11,13,16,24-25H,7-10,12,14-15,17-19H2,1-6H3,(H,28,30)(H,29,31)(H,32,33). The molecule has 2 atom stereocenters. The van der Waals surface area contributed by atoms with Gasteiger partial charge in [-0.1, -0.05) is 54.7 Å². The molecule has 194 valence electrons. The molecule has 0 aliphatic carbocycles. The highest BCUT2D eigenvalue weighted by atomic mass is 32.2. The van der Waals surface area contributed by atoms with Crippen LogP contribution in [0.5, 0.6) is 0 Å². The van der Waals surface area contributed by atoms with Crippen molar-refractivity contribution in [3.63, 3.8) is 0 Å². The Balaban J connectivity index is 4.54. The molecular formula is C27H46N2O4S. The predicted octanol–water partition coefficient (Wildman–Crippen LogP) is 5.65. The zero-order chi connectivity index (χ0) is 25.9. The lowest BCUT2D eigenvalue weighted by atomic mass is 10.0. The highest BCUT2D eigenvalue weighted by Crippen LogP contribution is 2.14. The van der Waals surface area contributed by atoms with E-state index in [1.807, 2.05) is 6.92 Å². The van der Waals surface area contributed by atoms with Gasteiger partial charge in [0, 0.05) is 25.0 Å². The number of amides is 2. The molecule has 34 heavy (non-hydrogen) atoms. The minimum Gasteiger partial charge on any atom is -0.480 e. The van der Waals surface area contributed by atoms with Crippen molar-refractivity contribution in [2.75, 3.05) is 18.1 Å². The Morgan fingerprint density at radius 3 is 2.12 bits per heavy atom. The van der Waals surface area contributed by atoms with Crippen LogP contribution in [-0.4, -0.2) is 47.0 Å². The van der Waals surface area contributed by atoms with Crippen LogP contribution in [0.2, 0.25) is 0 Å². The van der Waals surface area contributed by atoms with Crippen LogP contribution >= 0.6 is 11.8 Å². The molecule has 0 rings (SSSR count). The molecule has 0 bridgehead atoms. The number of aliphatic carboxylic acids is 1. The summed E-state index contributed by atoms with van der Waals surface area (Å²) in [6, 6.07) is -0.945. The molecule has 0 fully saturated rings. The Kier molecular flexibility index (Phi) is 18.2. The van der Waals surface area contributed by atoms with Gasteiger partial charge in [-0.05, 0) is 59.8 Å². The first kappa shape index (κ1) is 32.0. The van der Waals surface area contributed by atoms with E-state index in [1.165, 1.54) is 35.4 Å². The van der Waals surface area contributed by atoms with E-state index < -0.39 is 17.9 Å². The number of rotatable bonds is 18. The monoisotopic (exact) mass is 494 g/mol. The van der Waals surface area contributed by atoms with Crippen molar-refractivity contribution >= 4 is 29.5 Å². The van der Waals surface area contributed by atoms with E-state index >= 15 is 0 Å². The number of carboxylic acid groups (broad SMARTS) is 1. The van der Waals surface area contributed by atoms with Crippen LogP contribution in [0.3, 0.4) is 0 Å². The van der Waals surface area contributed by atoms with E-state index in [9.17, 15) is 19.5 Å². The van der Waals surface area contributed by atoms with Crippen LogP contribution in [0.25, 0.3) is 0 Å². The molecule has 0 radical (unpaired) electrons. The van der Waals surface area contributed by atoms with E-state index in [-0.39, 0.29) is 18.4 Å². The van der Waals surface area contributed by atoms with Gasteiger partial charge in [0.25, 0.3) is 0 Å². The maximum atomic E-state index is 12.6. The van der Waals surface area contributed by atoms with Gasteiger partial charge in [0.15, 0.2) is 0 Å². The number of carbonyl (C=O) groups is 3. The number of allylic oxidation sites excluding steroid dienone is 5. The SMILES string of the molecule is CCCCC(CNC(C)=O)C(=O)NC(CSCC=C(C)CCC=C(C)CCC=C(C)C)C(=O)O. The van der Waals surface area contributed by atoms with Crippen molar-refractivity contribution in [3.05, 3.63) is 34.9 Å². The number of unbranched alkanes of at least 4 members (excludes halogenated alkanes) is 1. The molecule has 7 heteroatoms. The molecule has 0 aromatic heterocycles. The first-order valence-electron chi connectivity index (χ1n) is 12.4. The van der Waals surface area contributed by atoms with E-state index in [0.717, 1.165) is 38.5 Å². The summed E-state index contributed by atoms with van der Waals surface area (Å²) in [4.78, 5) is 35.5. The molecule has 0 aromatic carbocycles. The Hall–Kier alpha value is -2.02. The topological polar surface area (TPSA) is 95.5 Å². The molecule has 0 heterocycles. The van der Waals surface area contributed by atoms with Crippen molar-refractivity contribution in [2.24, 2.45) is 5.92 Å². The van der Waals surface area contributed by atoms with Crippen LogP contribution in [0.1, 0.15) is 86.5 Å². The van der Waals surface area contributed by atoms with E-state index in [4.69, 9.17) is 0 Å². The van der Waals surface area contributed by atoms with Crippen molar-refractivity contribution in [1.29, 1.82) is 0 Å². The van der Waals surface area contributed by atoms with Crippen LogP contribution in [0.15, 0.2) is 34.9 Å². The summed E-state index contributed by atoms with van der Waals surface area (Å²) >= 11 is 1.50. The molecule has 6 nitrogen and oxygen atoms in total. The summed E-state index contributed by atoms with van der Waals surface area (Å²) < 4.78 is 0. The highest BCUT2D eigenvalue weighted by molar-refractivity contribution is 7.99. The molecule has 0 saturated carbocycles. The minimum absolute atomic E-state index is 0.198. The highest BCUT2D eigenvalue weighted by Gasteiger charge is 2.25. The molecule has 0 aromatic rings. The zero-order valence-electron chi connectivity index (χ0n) is 22.0. The normalized spacial score (nSPS) is 13.7. The first-order valence-corrected chi connectivity index (χ1v) is 13.5. The summed E-state index contributed by atoms with van der Waals surface area (Å²) in [6.45, 7) is 12.2. The molecule has 3 N–H and O–H groups in total. The van der Waals surface area contributed by atoms with Gasteiger partial charge in [-0.3, -0.25) is 9.59 Å². The Labute approximate surface area is 211 Å². The van der Waals surface area contributed by atoms with Crippen molar-refractivity contribution < 1.29 is 19.5 Å². The van der Waals surface area contributed by atoms with Crippen LogP contribution in [0.4, 0.5) is 0 Å². The molecule has 0 aliphatic rings. The Morgan fingerprint density at radius 2 is 1.56 bits per heavy atom. The average Bonchev–Trinajstić information content (AvgIpc) is 2.75. The number of hydrogen-bond donors (Lipinski definition) is 3. The fourth-order valence-electron chi connectivity index (χ4n) is 3.23. The molecule has 0 spiro atoms. The van der Waals surface area contributed by atoms with Gasteiger partial charge < -0.3 is 15.7 Å². The largest absolute Gasteiger partial charge is 0.480 e. The van der Waals surface area contributed by atoms with Crippen LogP contribution in [-0.2, 0) is 14.4 Å². The third kappa shape index (κ3) is 17.5. The molecule has 0 saturated heterocycles. The Morgan fingerprint density at radius 1 is 0.941 bits per heavy atom. The third-order valence-electron chi connectivity index (χ3n) is 5.45. The van der Waals surface area contributed by atoms with Crippen molar-refractivity contribution in [3.8, 4) is 0 Å². The lowest BCUT2D eigenvalue weighted by Gasteiger charge is -2.20. The van der Waals surface area contributed by atoms with Crippen molar-refractivity contribution in [1.82, 2.24) is 10.6 Å². The predicted molar refractivity (Wildman–Crippen MR) is 144 cm³/mol. The Bertz CT molecular complexity index is 724. The maximum Gasteiger partial charge on any atom is 0.327 e. The molecule has 0 aliphatic heterocycles. The summed E-state index contributed by atoms with van der Waals surface area (Å²) in [5.41, 5.74) is 4.05. The molecular weight excluding hydrogens is 448 g/mol. The van der Waals surface area contributed by atoms with E-state index in [1.54, 1.807) is 0 Å². The van der Waals surface area contributed by atoms with Gasteiger partial charge in [0.1, 0.15) is 6.04 Å². The summed E-state index contributed by atoms with van der Waals surface area (Å²) in [5.74, 6) is -0.959. The van der Waals surface area contributed by atoms with Gasteiger partial charge >= 0.3 is 5.97 Å². The summed E-state index contributed by atoms with van der Waals surface area (Å²) in [5, 5.41) is 14.9. The first-order chi connectivity index (χ1) is 16.1. The second-order valence-corrected chi connectivity index (χ2v) is 10.2. The quantitative estimate of drug-likeness (QED) is 0.169. The average molecular weight is 495 g/mol. The summed E-state index contributed by atoms with van der Waals surface area (Å²) in [7, 11) is 0. The maximum absolute atomic E-state index is 12.6. The van der Waals surface area contributed by atoms with E-state index in [0.29, 0.717) is 17.9 Å². The fraction of sp³-hybridized carbons (Fsp3) is 0.667. The lowest BCUT2D eigenvalue weighted by Crippen LogP contribution is -2.47. The second-order valence-electron chi connectivity index (χ2n) is 9.17. The van der Waals surface area contributed by atoms with Crippen LogP contribution < -0.4 is 10.6 Å². The third-order valence-corrected chi connectivity index (χ3v) is 6.42. The van der Waals surface area contributed by atoms with Gasteiger partial charge in [0.05, 0.1) is 5.92 Å². The second kappa shape index (κ2) is 19.3. The smallest absolute Gasteiger partial charge is 0.327 e. The van der Waals surface area contributed by atoms with Crippen LogP contribution in [0, 0.1) is 5.92 Å². The minimum atomic E-state index is -1.04. The van der Waals surface area contributed by atoms with Gasteiger partial charge in [-0.2, -0.15) is 11.8 Å². The molecule has 2 unspecified atom stereocenters. The molecule has 2 amide bonds. The fourth-order valence-corrected chi connectivity index (χ4v) is 4.23. The lowest BCUT2D eigenvalue weighted by molar-refractivity contribution is -0.141. The number of thioether (sulfide) groups is 1. The zero-order valence-corrected chi connectivity index (χ0v) is 22.9. The van der Waals surface area contributed by atoms with E-state index in [2.05, 4.69) is 56.6 Å². The van der Waals surface area contributed by atoms with Crippen molar-refractivity contribution in [2.45, 2.75) is 92.5 Å². The van der Waals surface area contributed by atoms with Gasteiger partial charge in [-0.15, -0.1) is 0 Å². The number of carbonyl (C=O) groups excluding carboxylic acids is 2. The summed E-state index contributed by atoms with van der Waals surface area (Å²) in [6.07, 6.45) is 13.3. The number of nitrogens with one attached hydrogen (secondary N) is 2. The number of hydrogen-bond acceptors (Lipinski definition) is 4.